The third-order valence-electron chi connectivity index (χ3n) is 5.72. The van der Waals surface area contributed by atoms with E-state index >= 15 is 0 Å². The number of hydrogen-bond donors (Lipinski definition) is 2. The number of nitrogens with zero attached hydrogens (tertiary/aromatic N) is 2. The molecule has 3 heterocycles. The van der Waals surface area contributed by atoms with Crippen LogP contribution in [0.1, 0.15) is 75.5 Å². The normalized spacial score (nSPS) is 23.7. The number of nitrogens with one attached hydrogen (secondary N) is 2. The van der Waals surface area contributed by atoms with Crippen molar-refractivity contribution in [3.8, 4) is 0 Å². The van der Waals surface area contributed by atoms with Gasteiger partial charge in [0.2, 0.25) is 0 Å². The van der Waals surface area contributed by atoms with Gasteiger partial charge in [-0.15, -0.1) is 0 Å². The molecule has 6 heteroatoms. The van der Waals surface area contributed by atoms with Gasteiger partial charge in [-0.25, -0.2) is 0 Å². The van der Waals surface area contributed by atoms with Gasteiger partial charge in [0.15, 0.2) is 0 Å². The van der Waals surface area contributed by atoms with Crippen LogP contribution in [-0.4, -0.2) is 58.4 Å². The Balaban J connectivity index is 1.46. The van der Waals surface area contributed by atoms with Crippen molar-refractivity contribution in [2.45, 2.75) is 77.0 Å². The molecule has 2 saturated heterocycles. The highest BCUT2D eigenvalue weighted by molar-refractivity contribution is 5.92. The quantitative estimate of drug-likeness (QED) is 0.858. The molecule has 1 spiro atoms. The molecular formula is C19H32N4O2. The second-order valence-electron chi connectivity index (χ2n) is 8.16. The Morgan fingerprint density at radius 1 is 1.36 bits per heavy atom. The molecule has 1 unspecified atom stereocenters. The molecule has 6 nitrogen and oxygen atoms in total. The molecule has 25 heavy (non-hydrogen) atoms. The number of ether oxygens (including phenoxy) is 1. The summed E-state index contributed by atoms with van der Waals surface area (Å²) in [5.41, 5.74) is 1.48. The van der Waals surface area contributed by atoms with E-state index in [1.165, 1.54) is 0 Å². The Morgan fingerprint density at radius 2 is 2.08 bits per heavy atom. The van der Waals surface area contributed by atoms with Crippen LogP contribution in [0.5, 0.6) is 0 Å². The van der Waals surface area contributed by atoms with Crippen LogP contribution >= 0.6 is 0 Å². The minimum Gasteiger partial charge on any atom is -0.370 e. The summed E-state index contributed by atoms with van der Waals surface area (Å²) in [5, 5.41) is 10.0. The monoisotopic (exact) mass is 348 g/mol. The molecule has 2 aliphatic rings. The third-order valence-corrected chi connectivity index (χ3v) is 5.72. The molecule has 1 aromatic rings. The van der Waals surface area contributed by atoms with E-state index in [0.717, 1.165) is 44.5 Å². The second kappa shape index (κ2) is 7.46. The Bertz CT molecular complexity index is 588. The molecule has 0 saturated carbocycles. The van der Waals surface area contributed by atoms with E-state index in [4.69, 9.17) is 4.74 Å². The van der Waals surface area contributed by atoms with Crippen molar-refractivity contribution in [1.82, 2.24) is 20.4 Å². The maximum Gasteiger partial charge on any atom is 0.271 e. The number of hydrogen-bond acceptors (Lipinski definition) is 4. The molecule has 1 aromatic heterocycles. The smallest absolute Gasteiger partial charge is 0.271 e. The molecule has 1 amide bonds. The number of aromatic nitrogens is 2. The average molecular weight is 348 g/mol. The topological polar surface area (TPSA) is 70.2 Å². The molecule has 2 aliphatic heterocycles. The highest BCUT2D eigenvalue weighted by atomic mass is 16.5. The van der Waals surface area contributed by atoms with Crippen LogP contribution in [0, 0.1) is 0 Å². The number of rotatable bonds is 5. The molecule has 2 fully saturated rings. The van der Waals surface area contributed by atoms with Crippen molar-refractivity contribution in [3.05, 3.63) is 17.5 Å². The van der Waals surface area contributed by atoms with Crippen LogP contribution in [0.25, 0.3) is 0 Å². The highest BCUT2D eigenvalue weighted by Gasteiger charge is 2.42. The van der Waals surface area contributed by atoms with Crippen LogP contribution in [0.4, 0.5) is 0 Å². The molecule has 1 atom stereocenters. The second-order valence-corrected chi connectivity index (χ2v) is 8.16. The van der Waals surface area contributed by atoms with Gasteiger partial charge in [-0.05, 0) is 51.5 Å². The molecule has 0 radical (unpaired) electrons. The number of H-pyrrole nitrogens is 1. The van der Waals surface area contributed by atoms with Crippen molar-refractivity contribution in [1.29, 1.82) is 0 Å². The summed E-state index contributed by atoms with van der Waals surface area (Å²) in [6.07, 6.45) is 4.47. The van der Waals surface area contributed by atoms with Gasteiger partial charge in [0.05, 0.1) is 11.7 Å². The Morgan fingerprint density at radius 3 is 2.68 bits per heavy atom. The molecule has 0 aliphatic carbocycles. The zero-order valence-corrected chi connectivity index (χ0v) is 16.0. The van der Waals surface area contributed by atoms with E-state index in [0.29, 0.717) is 24.2 Å². The number of amides is 1. The third kappa shape index (κ3) is 4.23. The number of likely N-dealkylation sites (tertiary alicyclic amines) is 1. The fourth-order valence-electron chi connectivity index (χ4n) is 3.90. The van der Waals surface area contributed by atoms with Crippen LogP contribution < -0.4 is 5.32 Å². The lowest BCUT2D eigenvalue weighted by Crippen LogP contribution is -2.47. The Kier molecular flexibility index (Phi) is 5.49. The summed E-state index contributed by atoms with van der Waals surface area (Å²) < 4.78 is 6.38. The highest BCUT2D eigenvalue weighted by Crippen LogP contribution is 2.39. The summed E-state index contributed by atoms with van der Waals surface area (Å²) in [7, 11) is 0. The maximum atomic E-state index is 12.3. The van der Waals surface area contributed by atoms with Gasteiger partial charge in [-0.3, -0.25) is 9.89 Å². The lowest BCUT2D eigenvalue weighted by Gasteiger charge is -2.40. The summed E-state index contributed by atoms with van der Waals surface area (Å²) in [6, 6.07) is 2.44. The van der Waals surface area contributed by atoms with Crippen molar-refractivity contribution < 1.29 is 9.53 Å². The Labute approximate surface area is 150 Å². The lowest BCUT2D eigenvalue weighted by molar-refractivity contribution is -0.0788. The molecule has 0 bridgehead atoms. The van der Waals surface area contributed by atoms with E-state index < -0.39 is 0 Å². The van der Waals surface area contributed by atoms with Crippen LogP contribution in [0.3, 0.4) is 0 Å². The SMILES string of the molecule is CC(C)c1cc(C(=O)NCC2CCC3(CCN(C(C)C)CC3)O2)n[nH]1. The van der Waals surface area contributed by atoms with Gasteiger partial charge in [-0.1, -0.05) is 13.8 Å². The van der Waals surface area contributed by atoms with Gasteiger partial charge >= 0.3 is 0 Å². The predicted molar refractivity (Wildman–Crippen MR) is 97.8 cm³/mol. The van der Waals surface area contributed by atoms with Crippen LogP contribution in [0.15, 0.2) is 6.07 Å². The molecule has 140 valence electrons. The zero-order valence-electron chi connectivity index (χ0n) is 16.0. The first-order valence-corrected chi connectivity index (χ1v) is 9.64. The lowest BCUT2D eigenvalue weighted by atomic mass is 9.88. The number of piperidine rings is 1. The van der Waals surface area contributed by atoms with E-state index in [2.05, 4.69) is 48.1 Å². The largest absolute Gasteiger partial charge is 0.370 e. The molecule has 3 rings (SSSR count). The van der Waals surface area contributed by atoms with Gasteiger partial charge in [0, 0.05) is 31.4 Å². The minimum atomic E-state index is -0.123. The van der Waals surface area contributed by atoms with E-state index in [1.54, 1.807) is 0 Å². The maximum absolute atomic E-state index is 12.3. The van der Waals surface area contributed by atoms with Crippen LogP contribution in [0.2, 0.25) is 0 Å². The van der Waals surface area contributed by atoms with E-state index in [9.17, 15) is 4.79 Å². The average Bonchev–Trinajstić information content (AvgIpc) is 3.21. The van der Waals surface area contributed by atoms with Gasteiger partial charge in [-0.2, -0.15) is 5.10 Å². The number of carbonyl (C=O) groups excluding carboxylic acids is 1. The van der Waals surface area contributed by atoms with Crippen molar-refractivity contribution in [2.24, 2.45) is 0 Å². The predicted octanol–water partition coefficient (Wildman–Crippen LogP) is 2.68. The summed E-state index contributed by atoms with van der Waals surface area (Å²) in [6.45, 7) is 11.5. The molecular weight excluding hydrogens is 316 g/mol. The minimum absolute atomic E-state index is 0.0396. The number of aromatic amines is 1. The van der Waals surface area contributed by atoms with Gasteiger partial charge < -0.3 is 15.0 Å². The van der Waals surface area contributed by atoms with Crippen molar-refractivity contribution in [2.75, 3.05) is 19.6 Å². The Hall–Kier alpha value is -1.40. The standard InChI is InChI=1S/C19H32N4O2/c1-13(2)16-11-17(22-21-16)18(24)20-12-15-5-6-19(25-15)7-9-23(10-8-19)14(3)4/h11,13-15H,5-10,12H2,1-4H3,(H,20,24)(H,21,22). The summed E-state index contributed by atoms with van der Waals surface area (Å²) in [5.74, 6) is 0.214. The molecule has 2 N–H and O–H groups in total. The van der Waals surface area contributed by atoms with Gasteiger partial charge in [0.1, 0.15) is 5.69 Å². The molecule has 0 aromatic carbocycles. The zero-order chi connectivity index (χ0) is 18.0. The summed E-state index contributed by atoms with van der Waals surface area (Å²) >= 11 is 0. The van der Waals surface area contributed by atoms with E-state index in [1.807, 2.05) is 6.07 Å². The summed E-state index contributed by atoms with van der Waals surface area (Å²) in [4.78, 5) is 14.8. The van der Waals surface area contributed by atoms with Gasteiger partial charge in [0.25, 0.3) is 5.91 Å². The first kappa shape index (κ1) is 18.4. The van der Waals surface area contributed by atoms with Crippen LogP contribution in [-0.2, 0) is 4.74 Å². The fraction of sp³-hybridized carbons (Fsp3) is 0.789. The first-order chi connectivity index (χ1) is 11.9. The van der Waals surface area contributed by atoms with Crippen molar-refractivity contribution >= 4 is 5.91 Å². The fourth-order valence-corrected chi connectivity index (χ4v) is 3.90. The van der Waals surface area contributed by atoms with E-state index in [-0.39, 0.29) is 17.6 Å². The number of carbonyl (C=O) groups is 1. The van der Waals surface area contributed by atoms with Crippen molar-refractivity contribution in [3.63, 3.8) is 0 Å². The first-order valence-electron chi connectivity index (χ1n) is 9.64.